The molecule has 0 radical (unpaired) electrons. The van der Waals surface area contributed by atoms with Crippen molar-refractivity contribution in [3.05, 3.63) is 22.2 Å². The summed E-state index contributed by atoms with van der Waals surface area (Å²) in [5.41, 5.74) is 5.42. The normalized spacial score (nSPS) is 11.5. The van der Waals surface area contributed by atoms with E-state index in [2.05, 4.69) is 21.2 Å². The summed E-state index contributed by atoms with van der Waals surface area (Å²) in [7, 11) is 0. The van der Waals surface area contributed by atoms with E-state index in [4.69, 9.17) is 5.73 Å². The molecule has 0 aliphatic heterocycles. The molecule has 0 spiro atoms. The summed E-state index contributed by atoms with van der Waals surface area (Å²) in [6, 6.07) is 2.25. The van der Waals surface area contributed by atoms with Gasteiger partial charge in [0, 0.05) is 11.0 Å². The van der Waals surface area contributed by atoms with Gasteiger partial charge in [-0.2, -0.15) is 13.2 Å². The summed E-state index contributed by atoms with van der Waals surface area (Å²) in [5, 5.41) is 2.77. The van der Waals surface area contributed by atoms with Crippen molar-refractivity contribution in [1.29, 1.82) is 0 Å². The summed E-state index contributed by atoms with van der Waals surface area (Å²) in [5.74, 6) is 0. The molecule has 1 aromatic rings. The predicted octanol–water partition coefficient (Wildman–Crippen LogP) is 3.48. The van der Waals surface area contributed by atoms with Crippen LogP contribution in [0.25, 0.3) is 0 Å². The molecule has 0 bridgehead atoms. The van der Waals surface area contributed by atoms with E-state index in [1.54, 1.807) is 6.92 Å². The van der Waals surface area contributed by atoms with Crippen molar-refractivity contribution in [3.8, 4) is 0 Å². The van der Waals surface area contributed by atoms with Gasteiger partial charge in [0.2, 0.25) is 0 Å². The quantitative estimate of drug-likeness (QED) is 0.815. The third-order valence-corrected chi connectivity index (χ3v) is 2.47. The monoisotopic (exact) mass is 282 g/mol. The maximum Gasteiger partial charge on any atom is 0.417 e. The van der Waals surface area contributed by atoms with Crippen LogP contribution in [0.15, 0.2) is 16.6 Å². The van der Waals surface area contributed by atoms with Crippen LogP contribution in [0.5, 0.6) is 0 Å². The molecule has 1 aromatic carbocycles. The van der Waals surface area contributed by atoms with Crippen molar-refractivity contribution in [2.75, 3.05) is 17.6 Å². The lowest BCUT2D eigenvalue weighted by atomic mass is 10.1. The highest BCUT2D eigenvalue weighted by molar-refractivity contribution is 9.10. The Bertz CT molecular complexity index is 363. The van der Waals surface area contributed by atoms with Gasteiger partial charge < -0.3 is 11.1 Å². The molecule has 0 saturated heterocycles. The number of hydrogen-bond acceptors (Lipinski definition) is 2. The van der Waals surface area contributed by atoms with Crippen LogP contribution in [0.3, 0.4) is 0 Å². The van der Waals surface area contributed by atoms with Crippen molar-refractivity contribution in [2.24, 2.45) is 0 Å². The maximum absolute atomic E-state index is 12.5. The van der Waals surface area contributed by atoms with Gasteiger partial charge in [-0.3, -0.25) is 0 Å². The van der Waals surface area contributed by atoms with Crippen LogP contribution in [0.4, 0.5) is 24.5 Å². The number of anilines is 2. The standard InChI is InChI=1S/C9H10BrF3N2/c1-2-15-8-3-5(9(11,12)13)6(10)4-7(8)14/h3-4,15H,2,14H2,1H3. The summed E-state index contributed by atoms with van der Waals surface area (Å²) in [6.45, 7) is 2.30. The lowest BCUT2D eigenvalue weighted by Gasteiger charge is -2.14. The van der Waals surface area contributed by atoms with E-state index >= 15 is 0 Å². The maximum atomic E-state index is 12.5. The van der Waals surface area contributed by atoms with Crippen LogP contribution in [-0.4, -0.2) is 6.54 Å². The van der Waals surface area contributed by atoms with E-state index in [1.807, 2.05) is 0 Å². The van der Waals surface area contributed by atoms with Crippen LogP contribution in [0, 0.1) is 0 Å². The minimum absolute atomic E-state index is 0.0471. The number of halogens is 4. The zero-order valence-electron chi connectivity index (χ0n) is 7.95. The molecular weight excluding hydrogens is 273 g/mol. The fourth-order valence-corrected chi connectivity index (χ4v) is 1.74. The van der Waals surface area contributed by atoms with E-state index in [0.29, 0.717) is 12.2 Å². The summed E-state index contributed by atoms with van der Waals surface area (Å²) < 4.78 is 37.5. The molecule has 2 nitrogen and oxygen atoms in total. The third-order valence-electron chi connectivity index (χ3n) is 1.81. The molecule has 15 heavy (non-hydrogen) atoms. The van der Waals surface area contributed by atoms with E-state index < -0.39 is 11.7 Å². The van der Waals surface area contributed by atoms with Gasteiger partial charge in [0.1, 0.15) is 0 Å². The van der Waals surface area contributed by atoms with Crippen molar-refractivity contribution < 1.29 is 13.2 Å². The molecule has 0 fully saturated rings. The van der Waals surface area contributed by atoms with Gasteiger partial charge in [0.05, 0.1) is 16.9 Å². The van der Waals surface area contributed by atoms with Crippen LogP contribution < -0.4 is 11.1 Å². The number of nitrogens with one attached hydrogen (secondary N) is 1. The second kappa shape index (κ2) is 4.30. The zero-order chi connectivity index (χ0) is 11.6. The molecule has 0 aliphatic rings. The zero-order valence-corrected chi connectivity index (χ0v) is 9.54. The van der Waals surface area contributed by atoms with E-state index in [9.17, 15) is 13.2 Å². The average molecular weight is 283 g/mol. The van der Waals surface area contributed by atoms with E-state index in [0.717, 1.165) is 6.07 Å². The second-order valence-corrected chi connectivity index (χ2v) is 3.80. The first-order valence-electron chi connectivity index (χ1n) is 4.26. The first kappa shape index (κ1) is 12.2. The smallest absolute Gasteiger partial charge is 0.397 e. The Balaban J connectivity index is 3.23. The number of alkyl halides is 3. The molecule has 84 valence electrons. The van der Waals surface area contributed by atoms with Gasteiger partial charge in [-0.1, -0.05) is 15.9 Å². The van der Waals surface area contributed by atoms with Crippen LogP contribution in [-0.2, 0) is 6.18 Å². The predicted molar refractivity (Wildman–Crippen MR) is 57.7 cm³/mol. The molecule has 6 heteroatoms. The van der Waals surface area contributed by atoms with Crippen LogP contribution in [0.1, 0.15) is 12.5 Å². The number of hydrogen-bond donors (Lipinski definition) is 2. The number of rotatable bonds is 2. The number of benzene rings is 1. The lowest BCUT2D eigenvalue weighted by molar-refractivity contribution is -0.138. The Morgan fingerprint density at radius 3 is 2.47 bits per heavy atom. The van der Waals surface area contributed by atoms with Gasteiger partial charge in [0.15, 0.2) is 0 Å². The second-order valence-electron chi connectivity index (χ2n) is 2.95. The van der Waals surface area contributed by atoms with E-state index in [1.165, 1.54) is 6.07 Å². The Kier molecular flexibility index (Phi) is 3.49. The van der Waals surface area contributed by atoms with Gasteiger partial charge in [-0.15, -0.1) is 0 Å². The summed E-state index contributed by atoms with van der Waals surface area (Å²) in [4.78, 5) is 0. The Morgan fingerprint density at radius 2 is 2.00 bits per heavy atom. The minimum atomic E-state index is -4.38. The van der Waals surface area contributed by atoms with E-state index in [-0.39, 0.29) is 10.2 Å². The van der Waals surface area contributed by atoms with Crippen molar-refractivity contribution in [2.45, 2.75) is 13.1 Å². The minimum Gasteiger partial charge on any atom is -0.397 e. The fraction of sp³-hybridized carbons (Fsp3) is 0.333. The molecule has 3 N–H and O–H groups in total. The fourth-order valence-electron chi connectivity index (χ4n) is 1.15. The van der Waals surface area contributed by atoms with Gasteiger partial charge in [0.25, 0.3) is 0 Å². The number of nitrogens with two attached hydrogens (primary N) is 1. The molecule has 0 aromatic heterocycles. The average Bonchev–Trinajstić information content (AvgIpc) is 2.07. The van der Waals surface area contributed by atoms with Gasteiger partial charge in [-0.25, -0.2) is 0 Å². The first-order chi connectivity index (χ1) is 6.86. The SMILES string of the molecule is CCNc1cc(C(F)(F)F)c(Br)cc1N. The van der Waals surface area contributed by atoms with Gasteiger partial charge >= 0.3 is 6.18 Å². The Hall–Kier alpha value is -0.910. The van der Waals surface area contributed by atoms with Crippen molar-refractivity contribution >= 4 is 27.3 Å². The molecule has 1 rings (SSSR count). The molecule has 0 unspecified atom stereocenters. The van der Waals surface area contributed by atoms with Gasteiger partial charge in [-0.05, 0) is 19.1 Å². The topological polar surface area (TPSA) is 38.0 Å². The van der Waals surface area contributed by atoms with Crippen LogP contribution in [0.2, 0.25) is 0 Å². The first-order valence-corrected chi connectivity index (χ1v) is 5.05. The molecular formula is C9H10BrF3N2. The van der Waals surface area contributed by atoms with Crippen LogP contribution >= 0.6 is 15.9 Å². The Labute approximate surface area is 93.8 Å². The van der Waals surface area contributed by atoms with Crippen molar-refractivity contribution in [1.82, 2.24) is 0 Å². The van der Waals surface area contributed by atoms with Crippen molar-refractivity contribution in [3.63, 3.8) is 0 Å². The molecule has 0 amide bonds. The summed E-state index contributed by atoms with van der Waals surface area (Å²) in [6.07, 6.45) is -4.38. The summed E-state index contributed by atoms with van der Waals surface area (Å²) >= 11 is 2.84. The highest BCUT2D eigenvalue weighted by Crippen LogP contribution is 2.38. The molecule has 0 heterocycles. The number of nitrogen functional groups attached to an aromatic ring is 1. The highest BCUT2D eigenvalue weighted by Gasteiger charge is 2.33. The molecule has 0 atom stereocenters. The Morgan fingerprint density at radius 1 is 1.40 bits per heavy atom. The highest BCUT2D eigenvalue weighted by atomic mass is 79.9. The molecule has 0 saturated carbocycles. The third kappa shape index (κ3) is 2.77. The lowest BCUT2D eigenvalue weighted by Crippen LogP contribution is -2.09. The largest absolute Gasteiger partial charge is 0.417 e. The molecule has 0 aliphatic carbocycles.